The third-order valence-electron chi connectivity index (χ3n) is 2.14. The van der Waals surface area contributed by atoms with Crippen molar-refractivity contribution >= 4 is 11.6 Å². The zero-order valence-electron chi connectivity index (χ0n) is 6.13. The summed E-state index contributed by atoms with van der Waals surface area (Å²) in [5, 5.41) is 0.852. The molecule has 1 aliphatic carbocycles. The number of halogens is 1. The van der Waals surface area contributed by atoms with Gasteiger partial charge in [0, 0.05) is 17.0 Å². The molecule has 0 radical (unpaired) electrons. The predicted molar refractivity (Wildman–Crippen MR) is 46.8 cm³/mol. The average Bonchev–Trinajstić information content (AvgIpc) is 2.68. The van der Waals surface area contributed by atoms with Crippen LogP contribution in [-0.4, -0.2) is 6.04 Å². The first kappa shape index (κ1) is 7.14. The third kappa shape index (κ3) is 1.26. The van der Waals surface area contributed by atoms with Gasteiger partial charge in [0.25, 0.3) is 0 Å². The van der Waals surface area contributed by atoms with Gasteiger partial charge in [-0.15, -0.1) is 0 Å². The maximum atomic E-state index is 5.97. The van der Waals surface area contributed by atoms with Crippen molar-refractivity contribution in [2.24, 2.45) is 5.73 Å². The first-order chi connectivity index (χ1) is 5.29. The van der Waals surface area contributed by atoms with Crippen LogP contribution in [0.2, 0.25) is 5.02 Å². The molecule has 11 heavy (non-hydrogen) atoms. The van der Waals surface area contributed by atoms with Crippen molar-refractivity contribution in [2.75, 3.05) is 0 Å². The maximum absolute atomic E-state index is 5.97. The van der Waals surface area contributed by atoms with Gasteiger partial charge in [0.05, 0.1) is 0 Å². The summed E-state index contributed by atoms with van der Waals surface area (Å²) in [6.07, 6.45) is 1.09. The van der Waals surface area contributed by atoms with Crippen molar-refractivity contribution in [1.82, 2.24) is 0 Å². The SMILES string of the molecule is N[C@H]1C[C@@H]1c1ccccc1Cl. The Bertz CT molecular complexity index is 272. The van der Waals surface area contributed by atoms with Gasteiger partial charge in [-0.2, -0.15) is 0 Å². The lowest BCUT2D eigenvalue weighted by Crippen LogP contribution is -2.00. The van der Waals surface area contributed by atoms with Crippen LogP contribution in [0.1, 0.15) is 17.9 Å². The molecule has 1 aliphatic rings. The van der Waals surface area contributed by atoms with Crippen LogP contribution in [-0.2, 0) is 0 Å². The summed E-state index contributed by atoms with van der Waals surface area (Å²) in [5.74, 6) is 0.517. The molecule has 2 N–H and O–H groups in total. The lowest BCUT2D eigenvalue weighted by atomic mass is 10.1. The third-order valence-corrected chi connectivity index (χ3v) is 2.49. The van der Waals surface area contributed by atoms with Gasteiger partial charge in [0.15, 0.2) is 0 Å². The summed E-state index contributed by atoms with van der Waals surface area (Å²) in [5.41, 5.74) is 6.92. The van der Waals surface area contributed by atoms with E-state index in [2.05, 4.69) is 6.07 Å². The number of hydrogen-bond acceptors (Lipinski definition) is 1. The van der Waals surface area contributed by atoms with Gasteiger partial charge in [-0.25, -0.2) is 0 Å². The number of nitrogens with two attached hydrogens (primary N) is 1. The van der Waals surface area contributed by atoms with Crippen molar-refractivity contribution in [2.45, 2.75) is 18.4 Å². The molecule has 0 unspecified atom stereocenters. The molecule has 1 fully saturated rings. The normalized spacial score (nSPS) is 28.5. The van der Waals surface area contributed by atoms with E-state index < -0.39 is 0 Å². The molecule has 1 saturated carbocycles. The van der Waals surface area contributed by atoms with Crippen molar-refractivity contribution in [1.29, 1.82) is 0 Å². The van der Waals surface area contributed by atoms with E-state index in [9.17, 15) is 0 Å². The largest absolute Gasteiger partial charge is 0.327 e. The summed E-state index contributed by atoms with van der Waals surface area (Å²) < 4.78 is 0. The molecule has 0 bridgehead atoms. The standard InChI is InChI=1S/C9H10ClN/c10-8-4-2-1-3-6(8)7-5-9(7)11/h1-4,7,9H,5,11H2/t7-,9+/m1/s1. The second-order valence-electron chi connectivity index (χ2n) is 3.03. The van der Waals surface area contributed by atoms with Gasteiger partial charge < -0.3 is 5.73 Å². The van der Waals surface area contributed by atoms with Crippen molar-refractivity contribution < 1.29 is 0 Å². The van der Waals surface area contributed by atoms with Crippen LogP contribution in [0.15, 0.2) is 24.3 Å². The van der Waals surface area contributed by atoms with Crippen LogP contribution in [0, 0.1) is 0 Å². The van der Waals surface area contributed by atoms with E-state index >= 15 is 0 Å². The Morgan fingerprint density at radius 1 is 1.36 bits per heavy atom. The maximum Gasteiger partial charge on any atom is 0.0441 e. The zero-order valence-corrected chi connectivity index (χ0v) is 6.88. The Kier molecular flexibility index (Phi) is 1.63. The van der Waals surface area contributed by atoms with Gasteiger partial charge in [0.2, 0.25) is 0 Å². The molecule has 2 rings (SSSR count). The Balaban J connectivity index is 2.31. The molecule has 1 nitrogen and oxygen atoms in total. The molecular formula is C9H10ClN. The van der Waals surface area contributed by atoms with Gasteiger partial charge in [-0.3, -0.25) is 0 Å². The molecule has 2 atom stereocenters. The molecule has 0 heterocycles. The topological polar surface area (TPSA) is 26.0 Å². The minimum absolute atomic E-state index is 0.342. The van der Waals surface area contributed by atoms with Crippen LogP contribution < -0.4 is 5.73 Å². The Morgan fingerprint density at radius 2 is 2.00 bits per heavy atom. The minimum Gasteiger partial charge on any atom is -0.327 e. The first-order valence-electron chi connectivity index (χ1n) is 3.79. The molecule has 0 spiro atoms. The summed E-state index contributed by atoms with van der Waals surface area (Å²) in [7, 11) is 0. The van der Waals surface area contributed by atoms with Crippen LogP contribution >= 0.6 is 11.6 Å². The summed E-state index contributed by atoms with van der Waals surface area (Å²) in [6.45, 7) is 0. The molecule has 1 aromatic carbocycles. The van der Waals surface area contributed by atoms with Gasteiger partial charge >= 0.3 is 0 Å². The van der Waals surface area contributed by atoms with Crippen LogP contribution in [0.5, 0.6) is 0 Å². The van der Waals surface area contributed by atoms with Crippen molar-refractivity contribution in [3.05, 3.63) is 34.9 Å². The average molecular weight is 168 g/mol. The smallest absolute Gasteiger partial charge is 0.0441 e. The van der Waals surface area contributed by atoms with Gasteiger partial charge in [-0.05, 0) is 18.1 Å². The molecule has 58 valence electrons. The Hall–Kier alpha value is -0.530. The van der Waals surface area contributed by atoms with E-state index in [1.165, 1.54) is 5.56 Å². The molecule has 0 aliphatic heterocycles. The number of hydrogen-bond donors (Lipinski definition) is 1. The summed E-state index contributed by atoms with van der Waals surface area (Å²) in [6, 6.07) is 8.27. The molecular weight excluding hydrogens is 158 g/mol. The monoisotopic (exact) mass is 167 g/mol. The lowest BCUT2D eigenvalue weighted by Gasteiger charge is -1.99. The number of benzene rings is 1. The first-order valence-corrected chi connectivity index (χ1v) is 4.17. The second-order valence-corrected chi connectivity index (χ2v) is 3.43. The second kappa shape index (κ2) is 2.50. The van der Waals surface area contributed by atoms with Crippen LogP contribution in [0.3, 0.4) is 0 Å². The highest BCUT2D eigenvalue weighted by Crippen LogP contribution is 2.41. The summed E-state index contributed by atoms with van der Waals surface area (Å²) >= 11 is 5.97. The van der Waals surface area contributed by atoms with E-state index in [4.69, 9.17) is 17.3 Å². The van der Waals surface area contributed by atoms with E-state index in [-0.39, 0.29) is 0 Å². The molecule has 1 aromatic rings. The molecule has 2 heteroatoms. The van der Waals surface area contributed by atoms with Crippen molar-refractivity contribution in [3.8, 4) is 0 Å². The molecule has 0 amide bonds. The quantitative estimate of drug-likeness (QED) is 0.682. The fourth-order valence-corrected chi connectivity index (χ4v) is 1.62. The fraction of sp³-hybridized carbons (Fsp3) is 0.333. The minimum atomic E-state index is 0.342. The molecule has 0 saturated heterocycles. The van der Waals surface area contributed by atoms with E-state index in [1.54, 1.807) is 0 Å². The van der Waals surface area contributed by atoms with Gasteiger partial charge in [0.1, 0.15) is 0 Å². The lowest BCUT2D eigenvalue weighted by molar-refractivity contribution is 0.991. The zero-order chi connectivity index (χ0) is 7.84. The fourth-order valence-electron chi connectivity index (χ4n) is 1.35. The highest BCUT2D eigenvalue weighted by atomic mass is 35.5. The highest BCUT2D eigenvalue weighted by molar-refractivity contribution is 6.31. The van der Waals surface area contributed by atoms with Crippen molar-refractivity contribution in [3.63, 3.8) is 0 Å². The predicted octanol–water partition coefficient (Wildman–Crippen LogP) is 2.15. The highest BCUT2D eigenvalue weighted by Gasteiger charge is 2.35. The van der Waals surface area contributed by atoms with Crippen LogP contribution in [0.25, 0.3) is 0 Å². The Morgan fingerprint density at radius 3 is 2.55 bits per heavy atom. The van der Waals surface area contributed by atoms with E-state index in [0.29, 0.717) is 12.0 Å². The van der Waals surface area contributed by atoms with E-state index in [1.807, 2.05) is 18.2 Å². The Labute approximate surface area is 71.2 Å². The van der Waals surface area contributed by atoms with Gasteiger partial charge in [-0.1, -0.05) is 29.8 Å². The van der Waals surface area contributed by atoms with E-state index in [0.717, 1.165) is 11.4 Å². The van der Waals surface area contributed by atoms with Crippen LogP contribution in [0.4, 0.5) is 0 Å². The molecule has 0 aromatic heterocycles. The number of rotatable bonds is 1. The summed E-state index contributed by atoms with van der Waals surface area (Å²) in [4.78, 5) is 0.